The Bertz CT molecular complexity index is 879. The summed E-state index contributed by atoms with van der Waals surface area (Å²) in [7, 11) is 0. The topological polar surface area (TPSA) is 98.6 Å². The van der Waals surface area contributed by atoms with Crippen LogP contribution < -0.4 is 11.1 Å². The van der Waals surface area contributed by atoms with E-state index in [9.17, 15) is 14.7 Å². The number of hydrogen-bond donors (Lipinski definition) is 3. The van der Waals surface area contributed by atoms with Crippen molar-refractivity contribution in [1.82, 2.24) is 15.2 Å². The van der Waals surface area contributed by atoms with E-state index in [0.717, 1.165) is 37.9 Å². The molecule has 3 N–H and O–H groups in total. The van der Waals surface area contributed by atoms with Crippen molar-refractivity contribution in [2.45, 2.75) is 57.1 Å². The van der Waals surface area contributed by atoms with Gasteiger partial charge in [-0.25, -0.2) is 4.79 Å². The zero-order valence-corrected chi connectivity index (χ0v) is 19.2. The second-order valence-electron chi connectivity index (χ2n) is 8.30. The van der Waals surface area contributed by atoms with Gasteiger partial charge in [0.25, 0.3) is 0 Å². The number of carbonyl (C=O) groups excluding carboxylic acids is 1. The molecule has 2 aromatic rings. The van der Waals surface area contributed by atoms with Gasteiger partial charge in [0.05, 0.1) is 18.0 Å². The number of aliphatic hydroxyl groups excluding tert-OH is 1. The van der Waals surface area contributed by atoms with Gasteiger partial charge in [0.2, 0.25) is 5.91 Å². The Balaban J connectivity index is 0.00000160. The van der Waals surface area contributed by atoms with Crippen LogP contribution in [0.15, 0.2) is 27.4 Å². The summed E-state index contributed by atoms with van der Waals surface area (Å²) in [6, 6.07) is 5.47. The van der Waals surface area contributed by atoms with Crippen LogP contribution in [0.4, 0.5) is 0 Å². The van der Waals surface area contributed by atoms with Crippen LogP contribution in [0.5, 0.6) is 0 Å². The number of benzene rings is 1. The molecule has 2 aliphatic rings. The Morgan fingerprint density at radius 3 is 2.70 bits per heavy atom. The van der Waals surface area contributed by atoms with Gasteiger partial charge in [0.1, 0.15) is 0 Å². The minimum atomic E-state index is -0.484. The van der Waals surface area contributed by atoms with Crippen molar-refractivity contribution in [3.63, 3.8) is 0 Å². The van der Waals surface area contributed by atoms with E-state index in [0.29, 0.717) is 23.6 Å². The summed E-state index contributed by atoms with van der Waals surface area (Å²) in [4.78, 5) is 29.0. The van der Waals surface area contributed by atoms with Gasteiger partial charge in [-0.2, -0.15) is 27.0 Å². The number of aromatic nitrogens is 1. The first-order valence-electron chi connectivity index (χ1n) is 10.4. The first-order valence-corrected chi connectivity index (χ1v) is 10.4. The molecular formula is C21H33N3O4S2. The summed E-state index contributed by atoms with van der Waals surface area (Å²) in [5.41, 5.74) is 1.97. The second-order valence-corrected chi connectivity index (χ2v) is 8.30. The highest BCUT2D eigenvalue weighted by molar-refractivity contribution is 7.59. The lowest BCUT2D eigenvalue weighted by Crippen LogP contribution is -2.48. The SMILES string of the molecule is O=C(Cc1ccc2oc(=O)[nH]c2c1)N[C@H](CN1CC[C@H](O)C1)C1CCCCC1.S.S. The number of H-pyrrole nitrogens is 1. The van der Waals surface area contributed by atoms with E-state index in [4.69, 9.17) is 4.42 Å². The number of β-amino-alcohol motifs (C(OH)–C–C–N with tert-alkyl or cyclic N) is 1. The number of aromatic amines is 1. The van der Waals surface area contributed by atoms with E-state index in [1.807, 2.05) is 6.07 Å². The lowest BCUT2D eigenvalue weighted by Gasteiger charge is -2.33. The Kier molecular flexibility index (Phi) is 9.33. The Hall–Kier alpha value is -1.42. The smallest absolute Gasteiger partial charge is 0.408 e. The molecule has 0 radical (unpaired) electrons. The van der Waals surface area contributed by atoms with E-state index in [1.54, 1.807) is 12.1 Å². The molecule has 1 saturated carbocycles. The van der Waals surface area contributed by atoms with Crippen LogP contribution in [0, 0.1) is 5.92 Å². The third-order valence-electron chi connectivity index (χ3n) is 6.12. The molecule has 1 aliphatic heterocycles. The molecule has 2 heterocycles. The quantitative estimate of drug-likeness (QED) is 0.619. The molecule has 1 aliphatic carbocycles. The molecule has 0 bridgehead atoms. The lowest BCUT2D eigenvalue weighted by atomic mass is 9.83. The summed E-state index contributed by atoms with van der Waals surface area (Å²) >= 11 is 0. The molecule has 9 heteroatoms. The number of carbonyl (C=O) groups is 1. The van der Waals surface area contributed by atoms with Crippen molar-refractivity contribution < 1.29 is 14.3 Å². The Morgan fingerprint density at radius 2 is 2.00 bits per heavy atom. The number of likely N-dealkylation sites (tertiary alicyclic amines) is 1. The standard InChI is InChI=1S/C21H29N3O4.2H2S/c25-16-8-9-24(12-16)13-18(15-4-2-1-3-5-15)22-20(26)11-14-6-7-19-17(10-14)23-21(27)28-19;;/h6-7,10,15-16,18,25H,1-5,8-9,11-13H2,(H,22,26)(H,23,27);2*1H2/t16-,18+;;/m0../s1. The molecule has 1 aromatic heterocycles. The summed E-state index contributed by atoms with van der Waals surface area (Å²) in [6.45, 7) is 2.40. The fourth-order valence-electron chi connectivity index (χ4n) is 4.66. The van der Waals surface area contributed by atoms with E-state index in [1.165, 1.54) is 19.3 Å². The number of amides is 1. The van der Waals surface area contributed by atoms with Gasteiger partial charge in [0, 0.05) is 25.7 Å². The molecule has 2 atom stereocenters. The first-order chi connectivity index (χ1) is 13.6. The molecule has 168 valence electrons. The third-order valence-corrected chi connectivity index (χ3v) is 6.12. The average Bonchev–Trinajstić information content (AvgIpc) is 3.25. The van der Waals surface area contributed by atoms with E-state index >= 15 is 0 Å². The van der Waals surface area contributed by atoms with Crippen LogP contribution in [-0.2, 0) is 11.2 Å². The highest BCUT2D eigenvalue weighted by Crippen LogP contribution is 2.27. The minimum absolute atomic E-state index is 0. The van der Waals surface area contributed by atoms with Gasteiger partial charge in [-0.15, -0.1) is 0 Å². The fraction of sp³-hybridized carbons (Fsp3) is 0.619. The van der Waals surface area contributed by atoms with Crippen molar-refractivity contribution in [3.05, 3.63) is 34.3 Å². The molecule has 0 spiro atoms. The van der Waals surface area contributed by atoms with Gasteiger partial charge in [-0.3, -0.25) is 14.7 Å². The highest BCUT2D eigenvalue weighted by atomic mass is 32.1. The number of rotatable bonds is 6. The minimum Gasteiger partial charge on any atom is -0.408 e. The molecule has 1 saturated heterocycles. The van der Waals surface area contributed by atoms with Gasteiger partial charge >= 0.3 is 5.76 Å². The van der Waals surface area contributed by atoms with Crippen molar-refractivity contribution in [1.29, 1.82) is 0 Å². The molecule has 2 fully saturated rings. The largest absolute Gasteiger partial charge is 0.417 e. The number of aliphatic hydroxyl groups is 1. The number of fused-ring (bicyclic) bond motifs is 1. The Labute approximate surface area is 190 Å². The van der Waals surface area contributed by atoms with Gasteiger partial charge in [0.15, 0.2) is 5.58 Å². The maximum absolute atomic E-state index is 12.8. The number of oxazole rings is 1. The molecule has 7 nitrogen and oxygen atoms in total. The highest BCUT2D eigenvalue weighted by Gasteiger charge is 2.29. The lowest BCUT2D eigenvalue weighted by molar-refractivity contribution is -0.121. The maximum Gasteiger partial charge on any atom is 0.417 e. The normalized spacial score (nSPS) is 21.0. The van der Waals surface area contributed by atoms with Crippen molar-refractivity contribution in [2.75, 3.05) is 19.6 Å². The van der Waals surface area contributed by atoms with Crippen LogP contribution in [0.25, 0.3) is 11.1 Å². The molecule has 30 heavy (non-hydrogen) atoms. The Morgan fingerprint density at radius 1 is 1.23 bits per heavy atom. The zero-order chi connectivity index (χ0) is 19.5. The average molecular weight is 456 g/mol. The zero-order valence-electron chi connectivity index (χ0n) is 17.2. The van der Waals surface area contributed by atoms with Gasteiger partial charge in [-0.05, 0) is 42.9 Å². The van der Waals surface area contributed by atoms with Gasteiger partial charge < -0.3 is 14.8 Å². The number of nitrogens with zero attached hydrogens (tertiary/aromatic N) is 1. The van der Waals surface area contributed by atoms with E-state index < -0.39 is 5.76 Å². The predicted octanol–water partition coefficient (Wildman–Crippen LogP) is 2.02. The molecule has 1 aromatic carbocycles. The van der Waals surface area contributed by atoms with E-state index in [-0.39, 0.29) is 51.5 Å². The predicted molar refractivity (Wildman–Crippen MR) is 127 cm³/mol. The molecule has 0 unspecified atom stereocenters. The summed E-state index contributed by atoms with van der Waals surface area (Å²) < 4.78 is 5.02. The van der Waals surface area contributed by atoms with Crippen LogP contribution in [0.1, 0.15) is 44.1 Å². The maximum atomic E-state index is 12.8. The molecule has 1 amide bonds. The van der Waals surface area contributed by atoms with Crippen molar-refractivity contribution >= 4 is 44.0 Å². The molecule has 4 rings (SSSR count). The fourth-order valence-corrected chi connectivity index (χ4v) is 4.66. The van der Waals surface area contributed by atoms with Gasteiger partial charge in [-0.1, -0.05) is 25.3 Å². The summed E-state index contributed by atoms with van der Waals surface area (Å²) in [6.07, 6.45) is 6.89. The van der Waals surface area contributed by atoms with E-state index in [2.05, 4.69) is 15.2 Å². The first kappa shape index (κ1) is 24.8. The summed E-state index contributed by atoms with van der Waals surface area (Å²) in [5, 5.41) is 13.1. The van der Waals surface area contributed by atoms with Crippen LogP contribution in [0.2, 0.25) is 0 Å². The van der Waals surface area contributed by atoms with Crippen LogP contribution in [-0.4, -0.2) is 52.7 Å². The summed E-state index contributed by atoms with van der Waals surface area (Å²) in [5.74, 6) is 0.0189. The van der Waals surface area contributed by atoms with Crippen LogP contribution >= 0.6 is 27.0 Å². The van der Waals surface area contributed by atoms with Crippen LogP contribution in [0.3, 0.4) is 0 Å². The third kappa shape index (κ3) is 6.29. The number of hydrogen-bond acceptors (Lipinski definition) is 5. The monoisotopic (exact) mass is 455 g/mol. The van der Waals surface area contributed by atoms with Crippen molar-refractivity contribution in [2.24, 2.45) is 5.92 Å². The second kappa shape index (κ2) is 11.3. The van der Waals surface area contributed by atoms with Crippen molar-refractivity contribution in [3.8, 4) is 0 Å². The molecular weight excluding hydrogens is 422 g/mol. The number of nitrogens with one attached hydrogen (secondary N) is 2.